The molecule has 0 radical (unpaired) electrons. The molecule has 86 valence electrons. The molecular weight excluding hydrogens is 180 g/mol. The lowest BCUT2D eigenvalue weighted by Gasteiger charge is -2.17. The highest BCUT2D eigenvalue weighted by Crippen LogP contribution is 1.97. The molecule has 0 bridgehead atoms. The summed E-state index contributed by atoms with van der Waals surface area (Å²) in [6.07, 6.45) is 1.23. The average Bonchev–Trinajstić information content (AvgIpc) is 2.03. The predicted octanol–water partition coefficient (Wildman–Crippen LogP) is 0.624. The molecule has 1 unspecified atom stereocenters. The quantitative estimate of drug-likeness (QED) is 0.586. The lowest BCUT2D eigenvalue weighted by Crippen LogP contribution is -2.45. The standard InChI is InChI=1S/C6H12O.C4H12N2O/c1-5(2)4-6(3)7;1-2-4(6,7)3-5/h5H,4H2,1-3H3;7H,2-3,5-6H2,1H3. The molecular formula is C10H24N2O2. The highest BCUT2D eigenvalue weighted by atomic mass is 16.3. The van der Waals surface area contributed by atoms with Gasteiger partial charge in [-0.05, 0) is 19.3 Å². The first-order valence-electron chi connectivity index (χ1n) is 4.96. The largest absolute Gasteiger partial charge is 0.375 e. The third-order valence-corrected chi connectivity index (χ3v) is 1.66. The Morgan fingerprint density at radius 2 is 1.93 bits per heavy atom. The summed E-state index contributed by atoms with van der Waals surface area (Å²) in [7, 11) is 0. The second-order valence-corrected chi connectivity index (χ2v) is 3.96. The number of Topliss-reactive ketones (excluding diaryl/α,β-unsaturated/α-hetero) is 1. The summed E-state index contributed by atoms with van der Waals surface area (Å²) in [5.74, 6) is 0.813. The van der Waals surface area contributed by atoms with Gasteiger partial charge in [-0.15, -0.1) is 0 Å². The minimum absolute atomic E-state index is 0.128. The zero-order valence-corrected chi connectivity index (χ0v) is 9.71. The molecule has 1 atom stereocenters. The summed E-state index contributed by atoms with van der Waals surface area (Å²) in [5.41, 5.74) is 9.05. The van der Waals surface area contributed by atoms with Crippen molar-refractivity contribution in [2.75, 3.05) is 6.54 Å². The summed E-state index contributed by atoms with van der Waals surface area (Å²) >= 11 is 0. The summed E-state index contributed by atoms with van der Waals surface area (Å²) in [6.45, 7) is 7.62. The van der Waals surface area contributed by atoms with Crippen LogP contribution in [0.15, 0.2) is 0 Å². The third kappa shape index (κ3) is 14.1. The van der Waals surface area contributed by atoms with Crippen LogP contribution in [0, 0.1) is 5.92 Å². The van der Waals surface area contributed by atoms with Crippen LogP contribution in [0.2, 0.25) is 0 Å². The Bertz CT molecular complexity index is 150. The number of nitrogens with two attached hydrogens (primary N) is 2. The fourth-order valence-corrected chi connectivity index (χ4v) is 0.719. The number of carbonyl (C=O) groups is 1. The van der Waals surface area contributed by atoms with E-state index >= 15 is 0 Å². The predicted molar refractivity (Wildman–Crippen MR) is 58.6 cm³/mol. The molecule has 0 fully saturated rings. The zero-order chi connectivity index (χ0) is 11.8. The summed E-state index contributed by atoms with van der Waals surface area (Å²) in [5, 5.41) is 8.78. The highest BCUT2D eigenvalue weighted by Gasteiger charge is 2.13. The zero-order valence-electron chi connectivity index (χ0n) is 9.71. The van der Waals surface area contributed by atoms with Crippen LogP contribution in [0.5, 0.6) is 0 Å². The van der Waals surface area contributed by atoms with Crippen molar-refractivity contribution in [1.82, 2.24) is 0 Å². The second kappa shape index (κ2) is 7.91. The monoisotopic (exact) mass is 204 g/mol. The van der Waals surface area contributed by atoms with Crippen LogP contribution in [0.4, 0.5) is 0 Å². The van der Waals surface area contributed by atoms with Crippen LogP contribution in [0.3, 0.4) is 0 Å². The van der Waals surface area contributed by atoms with Gasteiger partial charge in [-0.3, -0.25) is 0 Å². The Balaban J connectivity index is 0. The van der Waals surface area contributed by atoms with Gasteiger partial charge in [-0.25, -0.2) is 0 Å². The molecule has 0 aromatic heterocycles. The van der Waals surface area contributed by atoms with Gasteiger partial charge in [0.05, 0.1) is 0 Å². The van der Waals surface area contributed by atoms with Crippen LogP contribution in [-0.2, 0) is 4.79 Å². The van der Waals surface area contributed by atoms with E-state index in [4.69, 9.17) is 16.6 Å². The first kappa shape index (κ1) is 16.0. The van der Waals surface area contributed by atoms with Crippen LogP contribution in [0.1, 0.15) is 40.5 Å². The van der Waals surface area contributed by atoms with E-state index in [1.54, 1.807) is 13.8 Å². The second-order valence-electron chi connectivity index (χ2n) is 3.96. The van der Waals surface area contributed by atoms with Gasteiger partial charge in [0.15, 0.2) is 0 Å². The minimum atomic E-state index is -1.14. The molecule has 5 N–H and O–H groups in total. The van der Waals surface area contributed by atoms with Crippen molar-refractivity contribution in [2.45, 2.75) is 46.3 Å². The van der Waals surface area contributed by atoms with E-state index in [0.29, 0.717) is 12.3 Å². The van der Waals surface area contributed by atoms with Crippen molar-refractivity contribution in [3.8, 4) is 0 Å². The van der Waals surface area contributed by atoms with Crippen molar-refractivity contribution >= 4 is 5.78 Å². The molecule has 0 amide bonds. The molecule has 0 spiro atoms. The number of carbonyl (C=O) groups excluding carboxylic acids is 1. The molecule has 0 aliphatic rings. The van der Waals surface area contributed by atoms with E-state index < -0.39 is 5.72 Å². The number of rotatable bonds is 4. The van der Waals surface area contributed by atoms with Crippen LogP contribution < -0.4 is 11.5 Å². The minimum Gasteiger partial charge on any atom is -0.375 e. The first-order chi connectivity index (χ1) is 6.25. The highest BCUT2D eigenvalue weighted by molar-refractivity contribution is 5.75. The molecule has 14 heavy (non-hydrogen) atoms. The molecule has 0 saturated heterocycles. The molecule has 4 nitrogen and oxygen atoms in total. The molecule has 0 aromatic carbocycles. The molecule has 0 aliphatic carbocycles. The number of aliphatic hydroxyl groups is 1. The van der Waals surface area contributed by atoms with E-state index in [0.717, 1.165) is 6.42 Å². The van der Waals surface area contributed by atoms with Gasteiger partial charge in [-0.2, -0.15) is 0 Å². The number of ketones is 1. The Kier molecular flexibility index (Phi) is 9.04. The Morgan fingerprint density at radius 3 is 1.93 bits per heavy atom. The topological polar surface area (TPSA) is 89.3 Å². The molecule has 0 heterocycles. The lowest BCUT2D eigenvalue weighted by molar-refractivity contribution is -0.117. The van der Waals surface area contributed by atoms with Crippen LogP contribution in [-0.4, -0.2) is 23.2 Å². The molecule has 0 saturated carbocycles. The molecule has 0 rings (SSSR count). The van der Waals surface area contributed by atoms with Gasteiger partial charge in [0.1, 0.15) is 11.5 Å². The summed E-state index contributed by atoms with van der Waals surface area (Å²) < 4.78 is 0. The van der Waals surface area contributed by atoms with Gasteiger partial charge in [0.2, 0.25) is 0 Å². The van der Waals surface area contributed by atoms with Gasteiger partial charge in [-0.1, -0.05) is 20.8 Å². The number of hydrogen-bond acceptors (Lipinski definition) is 4. The Labute approximate surface area is 86.7 Å². The van der Waals surface area contributed by atoms with Crippen molar-refractivity contribution in [2.24, 2.45) is 17.4 Å². The van der Waals surface area contributed by atoms with E-state index in [1.165, 1.54) is 0 Å². The van der Waals surface area contributed by atoms with Gasteiger partial charge in [0, 0.05) is 13.0 Å². The fraction of sp³-hybridized carbons (Fsp3) is 0.900. The van der Waals surface area contributed by atoms with E-state index in [1.807, 2.05) is 13.8 Å². The number of hydrogen-bond donors (Lipinski definition) is 3. The van der Waals surface area contributed by atoms with Crippen LogP contribution in [0.25, 0.3) is 0 Å². The summed E-state index contributed by atoms with van der Waals surface area (Å²) in [6, 6.07) is 0. The maximum atomic E-state index is 10.3. The van der Waals surface area contributed by atoms with Crippen molar-refractivity contribution in [1.29, 1.82) is 0 Å². The van der Waals surface area contributed by atoms with E-state index in [2.05, 4.69) is 0 Å². The van der Waals surface area contributed by atoms with Crippen molar-refractivity contribution in [3.05, 3.63) is 0 Å². The van der Waals surface area contributed by atoms with Crippen molar-refractivity contribution in [3.63, 3.8) is 0 Å². The lowest BCUT2D eigenvalue weighted by atomic mass is 10.1. The molecule has 4 heteroatoms. The fourth-order valence-electron chi connectivity index (χ4n) is 0.719. The van der Waals surface area contributed by atoms with E-state index in [9.17, 15) is 4.79 Å². The van der Waals surface area contributed by atoms with Crippen LogP contribution >= 0.6 is 0 Å². The Hall–Kier alpha value is -0.450. The van der Waals surface area contributed by atoms with E-state index in [-0.39, 0.29) is 12.3 Å². The van der Waals surface area contributed by atoms with Gasteiger partial charge < -0.3 is 21.4 Å². The summed E-state index contributed by atoms with van der Waals surface area (Å²) in [4.78, 5) is 10.3. The smallest absolute Gasteiger partial charge is 0.130 e. The SMILES string of the molecule is CC(=O)CC(C)C.CCC(N)(O)CN. The van der Waals surface area contributed by atoms with Gasteiger partial charge in [0.25, 0.3) is 0 Å². The Morgan fingerprint density at radius 1 is 1.50 bits per heavy atom. The first-order valence-corrected chi connectivity index (χ1v) is 4.96. The van der Waals surface area contributed by atoms with Crippen molar-refractivity contribution < 1.29 is 9.90 Å². The average molecular weight is 204 g/mol. The normalized spacial score (nSPS) is 14.3. The third-order valence-electron chi connectivity index (χ3n) is 1.66. The maximum Gasteiger partial charge on any atom is 0.130 e. The maximum absolute atomic E-state index is 10.3. The molecule has 0 aliphatic heterocycles. The van der Waals surface area contributed by atoms with Gasteiger partial charge >= 0.3 is 0 Å². The molecule has 0 aromatic rings.